The molecular weight excluding hydrogens is 348 g/mol. The fourth-order valence-electron chi connectivity index (χ4n) is 5.95. The summed E-state index contributed by atoms with van der Waals surface area (Å²) in [4.78, 5) is 19.6. The fourth-order valence-corrected chi connectivity index (χ4v) is 6.60. The summed E-state index contributed by atoms with van der Waals surface area (Å²) in [5.41, 5.74) is 0.0284. The second-order valence-electron chi connectivity index (χ2n) is 8.28. The molecule has 0 radical (unpaired) electrons. The summed E-state index contributed by atoms with van der Waals surface area (Å²) in [5, 5.41) is 7.38. The first-order valence-corrected chi connectivity index (χ1v) is 10.5. The topological polar surface area (TPSA) is 75.0 Å². The molecule has 4 aliphatic rings. The van der Waals surface area contributed by atoms with Gasteiger partial charge in [-0.15, -0.1) is 0 Å². The van der Waals surface area contributed by atoms with E-state index in [1.807, 2.05) is 12.1 Å². The predicted octanol–water partition coefficient (Wildman–Crippen LogP) is 3.49. The van der Waals surface area contributed by atoms with Crippen LogP contribution in [0, 0.1) is 17.8 Å². The SMILES string of the molecule is O=C(CSc1ncn[nH]1)N(Cc1ccco1)C12CC3CC(CC(C3)C1)C2. The van der Waals surface area contributed by atoms with E-state index in [-0.39, 0.29) is 11.4 Å². The van der Waals surface area contributed by atoms with Crippen molar-refractivity contribution in [2.24, 2.45) is 17.8 Å². The lowest BCUT2D eigenvalue weighted by molar-refractivity contribution is -0.150. The minimum Gasteiger partial charge on any atom is -0.467 e. The zero-order valence-electron chi connectivity index (χ0n) is 14.8. The van der Waals surface area contributed by atoms with E-state index in [4.69, 9.17) is 4.42 Å². The third-order valence-electron chi connectivity index (χ3n) is 6.50. The fraction of sp³-hybridized carbons (Fsp3) is 0.632. The number of amides is 1. The highest BCUT2D eigenvalue weighted by atomic mass is 32.2. The standard InChI is InChI=1S/C19H24N4O2S/c24-17(11-26-18-20-12-21-22-18)23(10-16-2-1-3-25-16)19-7-13-4-14(8-19)6-15(5-13)9-19/h1-3,12-15H,4-11H2,(H,20,21,22). The van der Waals surface area contributed by atoms with E-state index in [0.29, 0.717) is 17.5 Å². The van der Waals surface area contributed by atoms with E-state index in [1.54, 1.807) is 6.26 Å². The van der Waals surface area contributed by atoms with Crippen molar-refractivity contribution < 1.29 is 9.21 Å². The normalized spacial score (nSPS) is 32.1. The lowest BCUT2D eigenvalue weighted by atomic mass is 9.52. The maximum atomic E-state index is 13.3. The third-order valence-corrected chi connectivity index (χ3v) is 7.36. The average Bonchev–Trinajstić information content (AvgIpc) is 3.30. The summed E-state index contributed by atoms with van der Waals surface area (Å²) in [6.07, 6.45) is 10.8. The maximum Gasteiger partial charge on any atom is 0.233 e. The summed E-state index contributed by atoms with van der Waals surface area (Å²) in [6, 6.07) is 3.88. The molecule has 7 heteroatoms. The van der Waals surface area contributed by atoms with Gasteiger partial charge in [0.2, 0.25) is 5.91 Å². The van der Waals surface area contributed by atoms with Crippen molar-refractivity contribution in [3.05, 3.63) is 30.5 Å². The van der Waals surface area contributed by atoms with Crippen LogP contribution in [0.5, 0.6) is 0 Å². The Hall–Kier alpha value is -1.76. The van der Waals surface area contributed by atoms with Crippen LogP contribution in [0.25, 0.3) is 0 Å². The minimum atomic E-state index is 0.0284. The van der Waals surface area contributed by atoms with Gasteiger partial charge in [-0.3, -0.25) is 9.89 Å². The van der Waals surface area contributed by atoms with Crippen LogP contribution in [0.15, 0.2) is 34.3 Å². The van der Waals surface area contributed by atoms with Crippen LogP contribution in [-0.4, -0.2) is 37.3 Å². The summed E-state index contributed by atoms with van der Waals surface area (Å²) in [6.45, 7) is 0.578. The van der Waals surface area contributed by atoms with E-state index in [1.165, 1.54) is 56.6 Å². The molecule has 1 N–H and O–H groups in total. The summed E-state index contributed by atoms with van der Waals surface area (Å²) in [5.74, 6) is 3.85. The smallest absolute Gasteiger partial charge is 0.233 e. The molecule has 4 saturated carbocycles. The molecule has 2 aromatic heterocycles. The first kappa shape index (κ1) is 16.4. The summed E-state index contributed by atoms with van der Waals surface area (Å²) in [7, 11) is 0. The molecule has 0 aliphatic heterocycles. The molecule has 0 aromatic carbocycles. The molecule has 2 aromatic rings. The minimum absolute atomic E-state index is 0.0284. The second-order valence-corrected chi connectivity index (χ2v) is 9.24. The lowest BCUT2D eigenvalue weighted by Gasteiger charge is -2.60. The molecule has 138 valence electrons. The molecule has 0 atom stereocenters. The number of carbonyl (C=O) groups is 1. The number of nitrogens with zero attached hydrogens (tertiary/aromatic N) is 3. The van der Waals surface area contributed by atoms with Crippen LogP contribution in [0.3, 0.4) is 0 Å². The maximum absolute atomic E-state index is 13.3. The van der Waals surface area contributed by atoms with E-state index in [0.717, 1.165) is 23.5 Å². The van der Waals surface area contributed by atoms with Gasteiger partial charge in [-0.05, 0) is 68.4 Å². The Kier molecular flexibility index (Phi) is 4.07. The number of furan rings is 1. The first-order chi connectivity index (χ1) is 12.7. The summed E-state index contributed by atoms with van der Waals surface area (Å²) < 4.78 is 5.60. The molecule has 2 heterocycles. The number of rotatable bonds is 6. The number of thioether (sulfide) groups is 1. The van der Waals surface area contributed by atoms with Crippen LogP contribution in [0.1, 0.15) is 44.3 Å². The molecule has 0 unspecified atom stereocenters. The van der Waals surface area contributed by atoms with Crippen molar-refractivity contribution in [1.82, 2.24) is 20.1 Å². The Morgan fingerprint density at radius 3 is 2.58 bits per heavy atom. The van der Waals surface area contributed by atoms with E-state index in [2.05, 4.69) is 20.1 Å². The third kappa shape index (κ3) is 2.96. The molecule has 0 saturated heterocycles. The second kappa shape index (κ2) is 6.44. The highest BCUT2D eigenvalue weighted by Gasteiger charge is 2.54. The quantitative estimate of drug-likeness (QED) is 0.786. The number of hydrogen-bond donors (Lipinski definition) is 1. The van der Waals surface area contributed by atoms with Gasteiger partial charge in [-0.25, -0.2) is 4.98 Å². The number of hydrogen-bond acceptors (Lipinski definition) is 5. The van der Waals surface area contributed by atoms with Gasteiger partial charge >= 0.3 is 0 Å². The number of aromatic nitrogens is 3. The Morgan fingerprint density at radius 2 is 2.00 bits per heavy atom. The van der Waals surface area contributed by atoms with Crippen molar-refractivity contribution in [2.45, 2.75) is 55.8 Å². The zero-order chi connectivity index (χ0) is 17.6. The van der Waals surface area contributed by atoms with Crippen LogP contribution < -0.4 is 0 Å². The predicted molar refractivity (Wildman–Crippen MR) is 97.3 cm³/mol. The van der Waals surface area contributed by atoms with Crippen LogP contribution >= 0.6 is 11.8 Å². The van der Waals surface area contributed by atoms with E-state index in [9.17, 15) is 4.79 Å². The van der Waals surface area contributed by atoms with Gasteiger partial charge in [0.05, 0.1) is 18.6 Å². The van der Waals surface area contributed by atoms with Crippen molar-refractivity contribution in [2.75, 3.05) is 5.75 Å². The molecule has 26 heavy (non-hydrogen) atoms. The molecule has 4 fully saturated rings. The highest BCUT2D eigenvalue weighted by molar-refractivity contribution is 7.99. The van der Waals surface area contributed by atoms with Gasteiger partial charge in [0, 0.05) is 5.54 Å². The van der Waals surface area contributed by atoms with Crippen molar-refractivity contribution in [1.29, 1.82) is 0 Å². The molecule has 0 spiro atoms. The molecule has 4 bridgehead atoms. The summed E-state index contributed by atoms with van der Waals surface area (Å²) >= 11 is 1.43. The van der Waals surface area contributed by atoms with Crippen molar-refractivity contribution in [3.8, 4) is 0 Å². The van der Waals surface area contributed by atoms with Gasteiger partial charge in [0.1, 0.15) is 12.1 Å². The molecule has 6 rings (SSSR count). The first-order valence-electron chi connectivity index (χ1n) is 9.51. The van der Waals surface area contributed by atoms with Gasteiger partial charge in [0.15, 0.2) is 5.16 Å². The van der Waals surface area contributed by atoms with E-state index >= 15 is 0 Å². The largest absolute Gasteiger partial charge is 0.467 e. The number of nitrogens with one attached hydrogen (secondary N) is 1. The van der Waals surface area contributed by atoms with Gasteiger partial charge < -0.3 is 9.32 Å². The highest BCUT2D eigenvalue weighted by Crippen LogP contribution is 2.58. The Balaban J connectivity index is 1.39. The van der Waals surface area contributed by atoms with Gasteiger partial charge in [-0.1, -0.05) is 11.8 Å². The monoisotopic (exact) mass is 372 g/mol. The van der Waals surface area contributed by atoms with Crippen molar-refractivity contribution in [3.63, 3.8) is 0 Å². The average molecular weight is 372 g/mol. The van der Waals surface area contributed by atoms with Crippen LogP contribution in [0.4, 0.5) is 0 Å². The van der Waals surface area contributed by atoms with Crippen LogP contribution in [0.2, 0.25) is 0 Å². The molecule has 6 nitrogen and oxygen atoms in total. The number of H-pyrrole nitrogens is 1. The molecule has 1 amide bonds. The van der Waals surface area contributed by atoms with Gasteiger partial charge in [0.25, 0.3) is 0 Å². The van der Waals surface area contributed by atoms with E-state index < -0.39 is 0 Å². The zero-order valence-corrected chi connectivity index (χ0v) is 15.6. The molecular formula is C19H24N4O2S. The van der Waals surface area contributed by atoms with Gasteiger partial charge in [-0.2, -0.15) is 5.10 Å². The Morgan fingerprint density at radius 1 is 1.27 bits per heavy atom. The molecule has 4 aliphatic carbocycles. The Labute approximate surface area is 157 Å². The van der Waals surface area contributed by atoms with Crippen LogP contribution in [-0.2, 0) is 11.3 Å². The van der Waals surface area contributed by atoms with Crippen molar-refractivity contribution >= 4 is 17.7 Å². The number of carbonyl (C=O) groups excluding carboxylic acids is 1. The number of aromatic amines is 1. The Bertz CT molecular complexity index is 723. The lowest BCUT2D eigenvalue weighted by Crippen LogP contribution is -2.61.